The van der Waals surface area contributed by atoms with Crippen molar-refractivity contribution in [1.82, 2.24) is 0 Å². The molecule has 1 aliphatic rings. The summed E-state index contributed by atoms with van der Waals surface area (Å²) in [5.74, 6) is -0.319. The third-order valence-electron chi connectivity index (χ3n) is 4.32. The monoisotopic (exact) mass is 320 g/mol. The Kier molecular flexibility index (Phi) is 6.03. The molecule has 0 bridgehead atoms. The Morgan fingerprint density at radius 1 is 1.22 bits per heavy atom. The lowest BCUT2D eigenvalue weighted by molar-refractivity contribution is -0.146. The van der Waals surface area contributed by atoms with Crippen molar-refractivity contribution in [1.29, 1.82) is 0 Å². The Morgan fingerprint density at radius 3 is 2.35 bits per heavy atom. The smallest absolute Gasteiger partial charge is 0.316 e. The van der Waals surface area contributed by atoms with E-state index in [0.29, 0.717) is 0 Å². The summed E-state index contributed by atoms with van der Waals surface area (Å²) in [7, 11) is 0. The molecule has 0 aromatic heterocycles. The number of esters is 1. The molecule has 0 aliphatic heterocycles. The first kappa shape index (κ1) is 19.7. The van der Waals surface area contributed by atoms with Gasteiger partial charge in [0, 0.05) is 0 Å². The van der Waals surface area contributed by atoms with Crippen LogP contribution in [0.2, 0.25) is 0 Å². The lowest BCUT2D eigenvalue weighted by Crippen LogP contribution is -2.23. The fourth-order valence-electron chi connectivity index (χ4n) is 2.73. The van der Waals surface area contributed by atoms with Gasteiger partial charge in [0.05, 0.1) is 11.7 Å². The van der Waals surface area contributed by atoms with Gasteiger partial charge in [-0.15, -0.1) is 0 Å². The number of hydrogen-bond donors (Lipinski definition) is 1. The van der Waals surface area contributed by atoms with E-state index in [1.165, 1.54) is 29.9 Å². The van der Waals surface area contributed by atoms with Gasteiger partial charge in [0.15, 0.2) is 0 Å². The first-order chi connectivity index (χ1) is 10.4. The van der Waals surface area contributed by atoms with Crippen molar-refractivity contribution < 1.29 is 14.6 Å². The molecule has 23 heavy (non-hydrogen) atoms. The number of allylic oxidation sites excluding steroid dienone is 3. The SMILES string of the molecule is CC1=C(/C=C/C(C)(O)/C=C/OC(=O)C(C)(C)C)C(C)(C)CCC1. The van der Waals surface area contributed by atoms with Crippen molar-refractivity contribution in [3.8, 4) is 0 Å². The van der Waals surface area contributed by atoms with E-state index < -0.39 is 11.0 Å². The van der Waals surface area contributed by atoms with E-state index in [4.69, 9.17) is 4.74 Å². The molecular weight excluding hydrogens is 288 g/mol. The molecule has 1 aliphatic carbocycles. The van der Waals surface area contributed by atoms with E-state index in [2.05, 4.69) is 20.8 Å². The highest BCUT2D eigenvalue weighted by Gasteiger charge is 2.27. The average molecular weight is 320 g/mol. The first-order valence-electron chi connectivity index (χ1n) is 8.36. The average Bonchev–Trinajstić information content (AvgIpc) is 2.35. The van der Waals surface area contributed by atoms with Gasteiger partial charge in [-0.3, -0.25) is 4.79 Å². The van der Waals surface area contributed by atoms with Gasteiger partial charge < -0.3 is 9.84 Å². The molecule has 0 spiro atoms. The number of ether oxygens (including phenoxy) is 1. The van der Waals surface area contributed by atoms with Crippen molar-refractivity contribution in [2.75, 3.05) is 0 Å². The summed E-state index contributed by atoms with van der Waals surface area (Å²) in [6.45, 7) is 13.7. The molecule has 0 aromatic carbocycles. The van der Waals surface area contributed by atoms with E-state index in [1.807, 2.05) is 6.08 Å². The summed E-state index contributed by atoms with van der Waals surface area (Å²) >= 11 is 0. The largest absolute Gasteiger partial charge is 0.434 e. The van der Waals surface area contributed by atoms with Gasteiger partial charge in [-0.05, 0) is 77.0 Å². The third kappa shape index (κ3) is 5.98. The molecular formula is C20H32O3. The summed E-state index contributed by atoms with van der Waals surface area (Å²) in [5, 5.41) is 10.4. The molecule has 1 N–H and O–H groups in total. The summed E-state index contributed by atoms with van der Waals surface area (Å²) in [4.78, 5) is 11.7. The Morgan fingerprint density at radius 2 is 1.83 bits per heavy atom. The van der Waals surface area contributed by atoms with Crippen LogP contribution in [0.3, 0.4) is 0 Å². The zero-order valence-electron chi connectivity index (χ0n) is 15.7. The molecule has 1 rings (SSSR count). The van der Waals surface area contributed by atoms with Crippen molar-refractivity contribution in [3.63, 3.8) is 0 Å². The van der Waals surface area contributed by atoms with Crippen molar-refractivity contribution in [2.24, 2.45) is 10.8 Å². The molecule has 0 fully saturated rings. The van der Waals surface area contributed by atoms with Gasteiger partial charge >= 0.3 is 5.97 Å². The zero-order chi connectivity index (χ0) is 17.9. The highest BCUT2D eigenvalue weighted by molar-refractivity contribution is 5.75. The molecule has 0 aromatic rings. The van der Waals surface area contributed by atoms with Crippen LogP contribution in [0.4, 0.5) is 0 Å². The van der Waals surface area contributed by atoms with E-state index in [0.717, 1.165) is 12.8 Å². The van der Waals surface area contributed by atoms with Crippen LogP contribution in [0.25, 0.3) is 0 Å². The van der Waals surface area contributed by atoms with Gasteiger partial charge in [0.25, 0.3) is 0 Å². The first-order valence-corrected chi connectivity index (χ1v) is 8.36. The fourth-order valence-corrected chi connectivity index (χ4v) is 2.73. The van der Waals surface area contributed by atoms with E-state index in [-0.39, 0.29) is 11.4 Å². The summed E-state index contributed by atoms with van der Waals surface area (Å²) < 4.78 is 5.07. The fraction of sp³-hybridized carbons (Fsp3) is 0.650. The van der Waals surface area contributed by atoms with E-state index >= 15 is 0 Å². The normalized spacial score (nSPS) is 21.7. The van der Waals surface area contributed by atoms with Crippen molar-refractivity contribution in [2.45, 2.75) is 73.3 Å². The molecule has 3 heteroatoms. The Bertz CT molecular complexity index is 526. The minimum absolute atomic E-state index is 0.136. The van der Waals surface area contributed by atoms with Crippen molar-refractivity contribution in [3.05, 3.63) is 35.6 Å². The second kappa shape index (κ2) is 7.04. The van der Waals surface area contributed by atoms with Crippen LogP contribution >= 0.6 is 0 Å². The molecule has 1 unspecified atom stereocenters. The van der Waals surface area contributed by atoms with Crippen LogP contribution in [-0.4, -0.2) is 16.7 Å². The second-order valence-corrected chi connectivity index (χ2v) is 8.45. The molecule has 0 radical (unpaired) electrons. The number of aliphatic hydroxyl groups is 1. The second-order valence-electron chi connectivity index (χ2n) is 8.45. The number of rotatable bonds is 4. The third-order valence-corrected chi connectivity index (χ3v) is 4.32. The maximum atomic E-state index is 11.7. The van der Waals surface area contributed by atoms with Crippen LogP contribution < -0.4 is 0 Å². The van der Waals surface area contributed by atoms with E-state index in [9.17, 15) is 9.90 Å². The number of carbonyl (C=O) groups is 1. The standard InChI is InChI=1S/C20H32O3/c1-15-9-8-11-19(5,6)16(15)10-12-20(7,22)13-14-23-17(21)18(2,3)4/h10,12-14,22H,8-9,11H2,1-7H3/b12-10+,14-13+. The summed E-state index contributed by atoms with van der Waals surface area (Å²) in [6.07, 6.45) is 10.1. The van der Waals surface area contributed by atoms with Crippen molar-refractivity contribution >= 4 is 5.97 Å². The lowest BCUT2D eigenvalue weighted by Gasteiger charge is -2.33. The Labute approximate surface area is 141 Å². The van der Waals surface area contributed by atoms with Crippen LogP contribution in [0.15, 0.2) is 35.6 Å². The van der Waals surface area contributed by atoms with Gasteiger partial charge in [-0.25, -0.2) is 0 Å². The quantitative estimate of drug-likeness (QED) is 0.590. The molecule has 0 amide bonds. The van der Waals surface area contributed by atoms with E-state index in [1.54, 1.807) is 33.8 Å². The molecule has 1 atom stereocenters. The van der Waals surface area contributed by atoms with Crippen LogP contribution in [-0.2, 0) is 9.53 Å². The number of carbonyl (C=O) groups excluding carboxylic acids is 1. The molecule has 3 nitrogen and oxygen atoms in total. The molecule has 0 heterocycles. The van der Waals surface area contributed by atoms with Gasteiger partial charge in [0.1, 0.15) is 5.60 Å². The molecule has 0 saturated carbocycles. The lowest BCUT2D eigenvalue weighted by atomic mass is 9.72. The number of hydrogen-bond acceptors (Lipinski definition) is 3. The molecule has 0 saturated heterocycles. The van der Waals surface area contributed by atoms with Gasteiger partial charge in [-0.1, -0.05) is 25.5 Å². The van der Waals surface area contributed by atoms with Crippen LogP contribution in [0.1, 0.15) is 67.7 Å². The Balaban J connectivity index is 2.80. The molecule has 130 valence electrons. The predicted molar refractivity (Wildman–Crippen MR) is 94.8 cm³/mol. The zero-order valence-corrected chi connectivity index (χ0v) is 15.7. The van der Waals surface area contributed by atoms with Crippen LogP contribution in [0, 0.1) is 10.8 Å². The minimum atomic E-state index is -1.15. The maximum absolute atomic E-state index is 11.7. The Hall–Kier alpha value is -1.35. The van der Waals surface area contributed by atoms with Gasteiger partial charge in [0.2, 0.25) is 0 Å². The highest BCUT2D eigenvalue weighted by Crippen LogP contribution is 2.40. The minimum Gasteiger partial charge on any atom is -0.434 e. The topological polar surface area (TPSA) is 46.5 Å². The van der Waals surface area contributed by atoms with Crippen LogP contribution in [0.5, 0.6) is 0 Å². The highest BCUT2D eigenvalue weighted by atomic mass is 16.5. The maximum Gasteiger partial charge on any atom is 0.316 e. The summed E-state index contributed by atoms with van der Waals surface area (Å²) in [6, 6.07) is 0. The summed E-state index contributed by atoms with van der Waals surface area (Å²) in [5.41, 5.74) is 1.11. The predicted octanol–water partition coefficient (Wildman–Crippen LogP) is 4.92. The van der Waals surface area contributed by atoms with Gasteiger partial charge in [-0.2, -0.15) is 0 Å².